The van der Waals surface area contributed by atoms with Crippen LogP contribution in [0, 0.1) is 11.8 Å². The number of hydrogen-bond donors (Lipinski definition) is 0. The average Bonchev–Trinajstić information content (AvgIpc) is 2.16. The molecule has 0 fully saturated rings. The third-order valence-corrected chi connectivity index (χ3v) is 3.02. The molecule has 0 aliphatic heterocycles. The van der Waals surface area contributed by atoms with Crippen molar-refractivity contribution in [1.29, 1.82) is 0 Å². The number of carbonyl (C=O) groups excluding carboxylic acids is 1. The van der Waals surface area contributed by atoms with E-state index in [4.69, 9.17) is 0 Å². The molecule has 0 heterocycles. The van der Waals surface area contributed by atoms with Crippen molar-refractivity contribution in [3.63, 3.8) is 0 Å². The van der Waals surface area contributed by atoms with Crippen LogP contribution >= 0.6 is 0 Å². The predicted octanol–water partition coefficient (Wildman–Crippen LogP) is 4.07. The van der Waals surface area contributed by atoms with Gasteiger partial charge in [-0.2, -0.15) is 0 Å². The van der Waals surface area contributed by atoms with Crippen molar-refractivity contribution in [2.75, 3.05) is 0 Å². The summed E-state index contributed by atoms with van der Waals surface area (Å²) in [6, 6.07) is 0. The maximum atomic E-state index is 11.7. The number of hydrogen-bond acceptors (Lipinski definition) is 1. The van der Waals surface area contributed by atoms with Crippen molar-refractivity contribution in [2.45, 2.75) is 40.5 Å². The Bertz CT molecular complexity index is 340. The van der Waals surface area contributed by atoms with Crippen molar-refractivity contribution in [3.8, 4) is 0 Å². The molecule has 1 aliphatic carbocycles. The van der Waals surface area contributed by atoms with Gasteiger partial charge in [-0.05, 0) is 45.1 Å². The van der Waals surface area contributed by atoms with Gasteiger partial charge in [0.2, 0.25) is 0 Å². The Morgan fingerprint density at radius 1 is 1.56 bits per heavy atom. The van der Waals surface area contributed by atoms with Crippen molar-refractivity contribution >= 4 is 5.78 Å². The Morgan fingerprint density at radius 2 is 2.25 bits per heavy atom. The molecule has 2 atom stereocenters. The SMILES string of the molecule is CC(C)=CC(=O)CC(C)C1C=CC(C)=CC1. The van der Waals surface area contributed by atoms with E-state index in [1.54, 1.807) is 6.08 Å². The largest absolute Gasteiger partial charge is 0.295 e. The lowest BCUT2D eigenvalue weighted by Gasteiger charge is -2.21. The average molecular weight is 218 g/mol. The first-order valence-corrected chi connectivity index (χ1v) is 6.01. The Morgan fingerprint density at radius 3 is 2.75 bits per heavy atom. The number of rotatable bonds is 4. The zero-order valence-corrected chi connectivity index (χ0v) is 10.8. The fourth-order valence-corrected chi connectivity index (χ4v) is 2.02. The molecule has 1 heteroatoms. The molecule has 0 aromatic rings. The van der Waals surface area contributed by atoms with Gasteiger partial charge in [-0.25, -0.2) is 0 Å². The molecule has 0 aromatic carbocycles. The summed E-state index contributed by atoms with van der Waals surface area (Å²) in [5.41, 5.74) is 2.42. The number of allylic oxidation sites excluding steroid dienone is 6. The summed E-state index contributed by atoms with van der Waals surface area (Å²) < 4.78 is 0. The van der Waals surface area contributed by atoms with E-state index in [2.05, 4.69) is 32.1 Å². The summed E-state index contributed by atoms with van der Waals surface area (Å²) >= 11 is 0. The van der Waals surface area contributed by atoms with Crippen LogP contribution in [0.1, 0.15) is 40.5 Å². The summed E-state index contributed by atoms with van der Waals surface area (Å²) in [6.07, 6.45) is 10.2. The van der Waals surface area contributed by atoms with Gasteiger partial charge >= 0.3 is 0 Å². The maximum Gasteiger partial charge on any atom is 0.155 e. The molecule has 1 nitrogen and oxygen atoms in total. The third kappa shape index (κ3) is 4.18. The van der Waals surface area contributed by atoms with Crippen LogP contribution in [0.2, 0.25) is 0 Å². The molecular formula is C15H22O. The number of carbonyl (C=O) groups is 1. The number of ketones is 1. The Labute approximate surface area is 98.9 Å². The second-order valence-electron chi connectivity index (χ2n) is 5.08. The monoisotopic (exact) mass is 218 g/mol. The van der Waals surface area contributed by atoms with Crippen molar-refractivity contribution < 1.29 is 4.79 Å². The predicted molar refractivity (Wildman–Crippen MR) is 69.2 cm³/mol. The molecule has 0 amide bonds. The van der Waals surface area contributed by atoms with Gasteiger partial charge < -0.3 is 0 Å². The van der Waals surface area contributed by atoms with Crippen molar-refractivity contribution in [2.24, 2.45) is 11.8 Å². The minimum atomic E-state index is 0.257. The van der Waals surface area contributed by atoms with Gasteiger partial charge in [0, 0.05) is 6.42 Å². The molecule has 1 aliphatic rings. The molecular weight excluding hydrogens is 196 g/mol. The second-order valence-corrected chi connectivity index (χ2v) is 5.08. The second kappa shape index (κ2) is 5.83. The van der Waals surface area contributed by atoms with E-state index < -0.39 is 0 Å². The van der Waals surface area contributed by atoms with Crippen molar-refractivity contribution in [3.05, 3.63) is 35.5 Å². The van der Waals surface area contributed by atoms with Crippen LogP contribution in [-0.4, -0.2) is 5.78 Å². The quantitative estimate of drug-likeness (QED) is 0.650. The first kappa shape index (κ1) is 13.0. The van der Waals surface area contributed by atoms with Crippen LogP contribution < -0.4 is 0 Å². The van der Waals surface area contributed by atoms with Gasteiger partial charge in [-0.1, -0.05) is 36.3 Å². The molecule has 0 spiro atoms. The smallest absolute Gasteiger partial charge is 0.155 e. The standard InChI is InChI=1S/C15H22O/c1-11(2)9-15(16)10-13(4)14-7-5-12(3)6-8-14/h5-7,9,13-14H,8,10H2,1-4H3. The molecule has 0 radical (unpaired) electrons. The highest BCUT2D eigenvalue weighted by Crippen LogP contribution is 2.26. The van der Waals surface area contributed by atoms with Gasteiger partial charge in [0.25, 0.3) is 0 Å². The molecule has 16 heavy (non-hydrogen) atoms. The summed E-state index contributed by atoms with van der Waals surface area (Å²) in [4.78, 5) is 11.7. The maximum absolute atomic E-state index is 11.7. The lowest BCUT2D eigenvalue weighted by molar-refractivity contribution is -0.115. The highest BCUT2D eigenvalue weighted by molar-refractivity contribution is 5.90. The van der Waals surface area contributed by atoms with Gasteiger partial charge in [0.1, 0.15) is 0 Å². The summed E-state index contributed by atoms with van der Waals surface area (Å²) in [6.45, 7) is 8.22. The van der Waals surface area contributed by atoms with Crippen molar-refractivity contribution in [1.82, 2.24) is 0 Å². The molecule has 0 saturated heterocycles. The fraction of sp³-hybridized carbons (Fsp3) is 0.533. The minimum Gasteiger partial charge on any atom is -0.295 e. The van der Waals surface area contributed by atoms with Gasteiger partial charge in [-0.3, -0.25) is 4.79 Å². The van der Waals surface area contributed by atoms with E-state index in [0.717, 1.165) is 12.0 Å². The van der Waals surface area contributed by atoms with E-state index >= 15 is 0 Å². The Balaban J connectivity index is 2.48. The van der Waals surface area contributed by atoms with E-state index in [1.165, 1.54) is 5.57 Å². The fourth-order valence-electron chi connectivity index (χ4n) is 2.02. The molecule has 0 N–H and O–H groups in total. The molecule has 0 saturated carbocycles. The van der Waals surface area contributed by atoms with Crippen LogP contribution in [0.15, 0.2) is 35.5 Å². The minimum absolute atomic E-state index is 0.257. The van der Waals surface area contributed by atoms with E-state index in [0.29, 0.717) is 18.3 Å². The van der Waals surface area contributed by atoms with E-state index in [9.17, 15) is 4.79 Å². The van der Waals surface area contributed by atoms with Crippen LogP contribution in [0.25, 0.3) is 0 Å². The van der Waals surface area contributed by atoms with E-state index in [1.807, 2.05) is 13.8 Å². The lowest BCUT2D eigenvalue weighted by Crippen LogP contribution is -2.14. The molecule has 1 rings (SSSR count). The topological polar surface area (TPSA) is 17.1 Å². The Kier molecular flexibility index (Phi) is 4.72. The van der Waals surface area contributed by atoms with E-state index in [-0.39, 0.29) is 5.78 Å². The zero-order valence-electron chi connectivity index (χ0n) is 10.8. The first-order valence-electron chi connectivity index (χ1n) is 6.01. The normalized spacial score (nSPS) is 21.2. The van der Waals surface area contributed by atoms with Gasteiger partial charge in [0.05, 0.1) is 0 Å². The molecule has 0 bridgehead atoms. The Hall–Kier alpha value is -1.11. The first-order chi connectivity index (χ1) is 7.49. The highest BCUT2D eigenvalue weighted by Gasteiger charge is 2.17. The molecule has 2 unspecified atom stereocenters. The molecule has 0 aromatic heterocycles. The van der Waals surface area contributed by atoms with Crippen LogP contribution in [-0.2, 0) is 4.79 Å². The van der Waals surface area contributed by atoms with Gasteiger partial charge in [-0.15, -0.1) is 0 Å². The highest BCUT2D eigenvalue weighted by atomic mass is 16.1. The van der Waals surface area contributed by atoms with Crippen LogP contribution in [0.3, 0.4) is 0 Å². The van der Waals surface area contributed by atoms with Crippen LogP contribution in [0.4, 0.5) is 0 Å². The van der Waals surface area contributed by atoms with Gasteiger partial charge in [0.15, 0.2) is 5.78 Å². The van der Waals surface area contributed by atoms with Crippen LogP contribution in [0.5, 0.6) is 0 Å². The summed E-state index contributed by atoms with van der Waals surface area (Å²) in [5.74, 6) is 1.22. The zero-order chi connectivity index (χ0) is 12.1. The third-order valence-electron chi connectivity index (χ3n) is 3.02. The molecule has 88 valence electrons. The summed E-state index contributed by atoms with van der Waals surface area (Å²) in [7, 11) is 0. The summed E-state index contributed by atoms with van der Waals surface area (Å²) in [5, 5.41) is 0. The lowest BCUT2D eigenvalue weighted by atomic mass is 9.84.